The van der Waals surface area contributed by atoms with Crippen LogP contribution in [0.2, 0.25) is 0 Å². The lowest BCUT2D eigenvalue weighted by Gasteiger charge is -2.24. The van der Waals surface area contributed by atoms with Gasteiger partial charge in [-0.2, -0.15) is 0 Å². The topological polar surface area (TPSA) is 66.5 Å². The van der Waals surface area contributed by atoms with E-state index in [1.807, 2.05) is 27.7 Å². The van der Waals surface area contributed by atoms with E-state index in [1.54, 1.807) is 48.5 Å². The van der Waals surface area contributed by atoms with E-state index in [2.05, 4.69) is 5.32 Å². The molecule has 0 fully saturated rings. The van der Waals surface area contributed by atoms with Gasteiger partial charge in [0.05, 0.1) is 10.6 Å². The highest BCUT2D eigenvalue weighted by atomic mass is 32.2. The monoisotopic (exact) mass is 372 g/mol. The maximum absolute atomic E-state index is 13.1. The van der Waals surface area contributed by atoms with Gasteiger partial charge in [-0.3, -0.25) is 9.10 Å². The van der Waals surface area contributed by atoms with E-state index in [1.165, 1.54) is 4.31 Å². The Bertz CT molecular complexity index is 931. The van der Waals surface area contributed by atoms with Crippen molar-refractivity contribution in [1.29, 1.82) is 0 Å². The van der Waals surface area contributed by atoms with E-state index >= 15 is 0 Å². The van der Waals surface area contributed by atoms with Gasteiger partial charge in [-0.05, 0) is 70.0 Å². The van der Waals surface area contributed by atoms with Crippen LogP contribution in [-0.4, -0.2) is 25.9 Å². The van der Waals surface area contributed by atoms with Crippen molar-refractivity contribution < 1.29 is 13.2 Å². The van der Waals surface area contributed by atoms with E-state index in [0.29, 0.717) is 17.7 Å². The van der Waals surface area contributed by atoms with Crippen LogP contribution in [0.1, 0.15) is 43.6 Å². The predicted molar refractivity (Wildman–Crippen MR) is 103 cm³/mol. The summed E-state index contributed by atoms with van der Waals surface area (Å²) in [5.41, 5.74) is 1.74. The number of carbonyl (C=O) groups is 1. The summed E-state index contributed by atoms with van der Waals surface area (Å²) in [6, 6.07) is 13.5. The molecule has 1 amide bonds. The first-order valence-corrected chi connectivity index (χ1v) is 10.1. The number of amides is 1. The van der Waals surface area contributed by atoms with E-state index in [-0.39, 0.29) is 22.4 Å². The number of sulfonamides is 1. The Labute approximate surface area is 155 Å². The molecular formula is C20H24N2O3S. The molecule has 0 bridgehead atoms. The number of fused-ring (bicyclic) bond motifs is 1. The fourth-order valence-electron chi connectivity index (χ4n) is 3.23. The van der Waals surface area contributed by atoms with Crippen LogP contribution in [0.15, 0.2) is 53.4 Å². The molecule has 1 aliphatic heterocycles. The molecule has 0 aromatic heterocycles. The Morgan fingerprint density at radius 3 is 2.38 bits per heavy atom. The number of carbonyl (C=O) groups excluding carboxylic acids is 1. The van der Waals surface area contributed by atoms with Gasteiger partial charge in [0.15, 0.2) is 0 Å². The molecule has 138 valence electrons. The third-order valence-electron chi connectivity index (χ3n) is 4.28. The van der Waals surface area contributed by atoms with Crippen molar-refractivity contribution in [2.45, 2.75) is 50.6 Å². The molecule has 0 aliphatic carbocycles. The van der Waals surface area contributed by atoms with Gasteiger partial charge in [-0.1, -0.05) is 18.2 Å². The van der Waals surface area contributed by atoms with Crippen LogP contribution in [0.3, 0.4) is 0 Å². The van der Waals surface area contributed by atoms with Crippen molar-refractivity contribution in [3.05, 3.63) is 59.7 Å². The first-order valence-electron chi connectivity index (χ1n) is 8.64. The molecule has 26 heavy (non-hydrogen) atoms. The Balaban J connectivity index is 1.97. The molecular weight excluding hydrogens is 348 g/mol. The highest BCUT2D eigenvalue weighted by Gasteiger charge is 2.36. The molecule has 0 saturated heterocycles. The SMILES string of the molecule is C[C@H]1Cc2cc(C(=O)NC(C)(C)C)ccc2N1S(=O)(=O)c1ccccc1. The molecule has 1 heterocycles. The van der Waals surface area contributed by atoms with Crippen LogP contribution in [-0.2, 0) is 16.4 Å². The van der Waals surface area contributed by atoms with E-state index in [4.69, 9.17) is 0 Å². The number of benzene rings is 2. The minimum atomic E-state index is -3.63. The Kier molecular flexibility index (Phi) is 4.56. The van der Waals surface area contributed by atoms with Gasteiger partial charge in [0.1, 0.15) is 0 Å². The summed E-state index contributed by atoms with van der Waals surface area (Å²) in [4.78, 5) is 12.7. The first kappa shape index (κ1) is 18.5. The lowest BCUT2D eigenvalue weighted by Crippen LogP contribution is -2.40. The number of hydrogen-bond acceptors (Lipinski definition) is 3. The molecule has 6 heteroatoms. The molecule has 5 nitrogen and oxygen atoms in total. The van der Waals surface area contributed by atoms with Crippen LogP contribution in [0.25, 0.3) is 0 Å². The Hall–Kier alpha value is -2.34. The zero-order valence-corrected chi connectivity index (χ0v) is 16.3. The number of nitrogens with one attached hydrogen (secondary N) is 1. The van der Waals surface area contributed by atoms with Crippen molar-refractivity contribution in [1.82, 2.24) is 5.32 Å². The minimum absolute atomic E-state index is 0.155. The second-order valence-corrected chi connectivity index (χ2v) is 9.53. The quantitative estimate of drug-likeness (QED) is 0.898. The summed E-state index contributed by atoms with van der Waals surface area (Å²) >= 11 is 0. The maximum Gasteiger partial charge on any atom is 0.264 e. The molecule has 0 spiro atoms. The zero-order chi connectivity index (χ0) is 19.1. The average molecular weight is 372 g/mol. The minimum Gasteiger partial charge on any atom is -0.347 e. The molecule has 2 aromatic rings. The second kappa shape index (κ2) is 6.43. The van der Waals surface area contributed by atoms with Crippen LogP contribution in [0.5, 0.6) is 0 Å². The van der Waals surface area contributed by atoms with Gasteiger partial charge in [0, 0.05) is 17.1 Å². The van der Waals surface area contributed by atoms with Crippen molar-refractivity contribution in [3.63, 3.8) is 0 Å². The molecule has 1 N–H and O–H groups in total. The lowest BCUT2D eigenvalue weighted by atomic mass is 10.0. The van der Waals surface area contributed by atoms with Gasteiger partial charge in [-0.15, -0.1) is 0 Å². The number of hydrogen-bond donors (Lipinski definition) is 1. The van der Waals surface area contributed by atoms with Gasteiger partial charge < -0.3 is 5.32 Å². The molecule has 0 unspecified atom stereocenters. The Morgan fingerprint density at radius 1 is 1.12 bits per heavy atom. The fourth-order valence-corrected chi connectivity index (χ4v) is 4.94. The largest absolute Gasteiger partial charge is 0.347 e. The summed E-state index contributed by atoms with van der Waals surface area (Å²) in [6.45, 7) is 7.66. The lowest BCUT2D eigenvalue weighted by molar-refractivity contribution is 0.0919. The van der Waals surface area contributed by atoms with Crippen molar-refractivity contribution in [3.8, 4) is 0 Å². The Morgan fingerprint density at radius 2 is 1.77 bits per heavy atom. The number of nitrogens with zero attached hydrogens (tertiary/aromatic N) is 1. The van der Waals surface area contributed by atoms with Crippen molar-refractivity contribution in [2.75, 3.05) is 4.31 Å². The molecule has 1 aliphatic rings. The van der Waals surface area contributed by atoms with Crippen molar-refractivity contribution in [2.24, 2.45) is 0 Å². The molecule has 1 atom stereocenters. The predicted octanol–water partition coefficient (Wildman–Crippen LogP) is 3.35. The molecule has 2 aromatic carbocycles. The first-order chi connectivity index (χ1) is 12.1. The van der Waals surface area contributed by atoms with E-state index in [9.17, 15) is 13.2 Å². The van der Waals surface area contributed by atoms with Crippen LogP contribution < -0.4 is 9.62 Å². The molecule has 0 radical (unpaired) electrons. The summed E-state index contributed by atoms with van der Waals surface area (Å²) in [5.74, 6) is -0.155. The normalized spacial score (nSPS) is 17.1. The smallest absolute Gasteiger partial charge is 0.264 e. The number of rotatable bonds is 3. The highest BCUT2D eigenvalue weighted by molar-refractivity contribution is 7.92. The van der Waals surface area contributed by atoms with Crippen LogP contribution in [0, 0.1) is 0 Å². The average Bonchev–Trinajstić information content (AvgIpc) is 2.89. The standard InChI is InChI=1S/C20H24N2O3S/c1-14-12-16-13-15(19(23)21-20(2,3)4)10-11-18(16)22(14)26(24,25)17-8-6-5-7-9-17/h5-11,13-14H,12H2,1-4H3,(H,21,23)/t14-/m0/s1. The fraction of sp³-hybridized carbons (Fsp3) is 0.350. The van der Waals surface area contributed by atoms with Gasteiger partial charge >= 0.3 is 0 Å². The van der Waals surface area contributed by atoms with Gasteiger partial charge in [-0.25, -0.2) is 8.42 Å². The van der Waals surface area contributed by atoms with E-state index < -0.39 is 10.0 Å². The molecule has 3 rings (SSSR count). The van der Waals surface area contributed by atoms with Crippen LogP contribution >= 0.6 is 0 Å². The van der Waals surface area contributed by atoms with Crippen molar-refractivity contribution >= 4 is 21.6 Å². The second-order valence-electron chi connectivity index (χ2n) is 7.71. The summed E-state index contributed by atoms with van der Waals surface area (Å²) < 4.78 is 27.6. The van der Waals surface area contributed by atoms with Crippen LogP contribution in [0.4, 0.5) is 5.69 Å². The summed E-state index contributed by atoms with van der Waals surface area (Å²) in [5, 5.41) is 2.93. The van der Waals surface area contributed by atoms with Gasteiger partial charge in [0.25, 0.3) is 15.9 Å². The summed E-state index contributed by atoms with van der Waals surface area (Å²) in [6.07, 6.45) is 0.581. The molecule has 0 saturated carbocycles. The van der Waals surface area contributed by atoms with Gasteiger partial charge in [0.2, 0.25) is 0 Å². The third kappa shape index (κ3) is 3.46. The summed E-state index contributed by atoms with van der Waals surface area (Å²) in [7, 11) is -3.63. The maximum atomic E-state index is 13.1. The van der Waals surface area contributed by atoms with E-state index in [0.717, 1.165) is 5.56 Å². The third-order valence-corrected chi connectivity index (χ3v) is 6.23. The number of anilines is 1. The highest BCUT2D eigenvalue weighted by Crippen LogP contribution is 2.37. The zero-order valence-electron chi connectivity index (χ0n) is 15.5.